The summed E-state index contributed by atoms with van der Waals surface area (Å²) in [4.78, 5) is 11.4. The van der Waals surface area contributed by atoms with Crippen LogP contribution in [-0.4, -0.2) is 18.8 Å². The lowest BCUT2D eigenvalue weighted by Crippen LogP contribution is -2.20. The summed E-state index contributed by atoms with van der Waals surface area (Å²) < 4.78 is 10.3. The zero-order valence-electron chi connectivity index (χ0n) is 12.4. The second-order valence-electron chi connectivity index (χ2n) is 4.66. The van der Waals surface area contributed by atoms with Crippen LogP contribution in [0.15, 0.2) is 59.7 Å². The van der Waals surface area contributed by atoms with E-state index in [0.717, 1.165) is 16.9 Å². The Bertz CT molecular complexity index is 637. The summed E-state index contributed by atoms with van der Waals surface area (Å²) in [5.74, 6) is 5.44. The molecule has 114 valence electrons. The first-order chi connectivity index (χ1) is 10.7. The van der Waals surface area contributed by atoms with E-state index < -0.39 is 5.97 Å². The van der Waals surface area contributed by atoms with Gasteiger partial charge < -0.3 is 15.3 Å². The lowest BCUT2D eigenvalue weighted by Gasteiger charge is -2.08. The number of nitrogens with two attached hydrogens (primary N) is 1. The van der Waals surface area contributed by atoms with Crippen LogP contribution >= 0.6 is 0 Å². The fourth-order valence-corrected chi connectivity index (χ4v) is 1.93. The molecule has 0 heterocycles. The van der Waals surface area contributed by atoms with Crippen LogP contribution in [0, 0.1) is 0 Å². The Hall–Kier alpha value is -2.82. The maximum atomic E-state index is 11.4. The largest absolute Gasteiger partial charge is 0.489 e. The molecule has 5 nitrogen and oxygen atoms in total. The van der Waals surface area contributed by atoms with Crippen LogP contribution in [-0.2, 0) is 22.6 Å². The Morgan fingerprint density at radius 2 is 1.73 bits per heavy atom. The molecular formula is C17H18N2O3. The molecule has 2 aromatic rings. The minimum atomic E-state index is -0.521. The van der Waals surface area contributed by atoms with Crippen LogP contribution in [0.2, 0.25) is 0 Å². The molecule has 2 N–H and O–H groups in total. The highest BCUT2D eigenvalue weighted by Crippen LogP contribution is 2.15. The van der Waals surface area contributed by atoms with Gasteiger partial charge in [0, 0.05) is 6.42 Å². The minimum absolute atomic E-state index is 0.181. The Balaban J connectivity index is 1.94. The number of carbonyl (C=O) groups excluding carboxylic acids is 1. The molecule has 0 aliphatic rings. The Morgan fingerprint density at radius 3 is 2.32 bits per heavy atom. The predicted molar refractivity (Wildman–Crippen MR) is 84.6 cm³/mol. The predicted octanol–water partition coefficient (Wildman–Crippen LogP) is 2.30. The van der Waals surface area contributed by atoms with Gasteiger partial charge in [0.05, 0.1) is 7.11 Å². The van der Waals surface area contributed by atoms with Gasteiger partial charge in [-0.3, -0.25) is 0 Å². The molecule has 0 fully saturated rings. The van der Waals surface area contributed by atoms with Crippen molar-refractivity contribution in [3.8, 4) is 5.75 Å². The molecule has 0 amide bonds. The van der Waals surface area contributed by atoms with E-state index in [1.54, 1.807) is 0 Å². The van der Waals surface area contributed by atoms with Gasteiger partial charge >= 0.3 is 5.97 Å². The molecule has 0 aliphatic heterocycles. The molecule has 2 aromatic carbocycles. The average Bonchev–Trinajstić information content (AvgIpc) is 2.59. The number of ether oxygens (including phenoxy) is 2. The van der Waals surface area contributed by atoms with Crippen molar-refractivity contribution in [2.45, 2.75) is 13.0 Å². The molecule has 0 spiro atoms. The Labute approximate surface area is 129 Å². The number of hydrogen-bond acceptors (Lipinski definition) is 5. The van der Waals surface area contributed by atoms with E-state index >= 15 is 0 Å². The highest BCUT2D eigenvalue weighted by atomic mass is 16.5. The van der Waals surface area contributed by atoms with Gasteiger partial charge in [-0.2, -0.15) is 5.10 Å². The van der Waals surface area contributed by atoms with E-state index in [9.17, 15) is 4.79 Å². The average molecular weight is 298 g/mol. The maximum absolute atomic E-state index is 11.4. The van der Waals surface area contributed by atoms with Crippen molar-refractivity contribution in [3.05, 3.63) is 65.7 Å². The number of methoxy groups -OCH3 is 1. The fourth-order valence-electron chi connectivity index (χ4n) is 1.93. The highest BCUT2D eigenvalue weighted by Gasteiger charge is 2.12. The Morgan fingerprint density at radius 1 is 1.05 bits per heavy atom. The van der Waals surface area contributed by atoms with Crippen molar-refractivity contribution < 1.29 is 14.3 Å². The molecule has 2 rings (SSSR count). The third kappa shape index (κ3) is 4.34. The zero-order valence-corrected chi connectivity index (χ0v) is 12.4. The lowest BCUT2D eigenvalue weighted by molar-refractivity contribution is -0.132. The summed E-state index contributed by atoms with van der Waals surface area (Å²) in [6.45, 7) is 0.512. The third-order valence-corrected chi connectivity index (χ3v) is 3.12. The first-order valence-electron chi connectivity index (χ1n) is 6.83. The number of carbonyl (C=O) groups is 1. The zero-order chi connectivity index (χ0) is 15.8. The standard InChI is InChI=1S/C17H18N2O3/c1-21-17(20)16(19-18)11-13-7-9-15(10-8-13)22-12-14-5-3-2-4-6-14/h2-10H,11-12,18H2,1H3/b19-16+. The van der Waals surface area contributed by atoms with Crippen LogP contribution in [0.25, 0.3) is 0 Å². The van der Waals surface area contributed by atoms with Crippen LogP contribution in [0.1, 0.15) is 11.1 Å². The summed E-state index contributed by atoms with van der Waals surface area (Å²) in [6, 6.07) is 17.4. The van der Waals surface area contributed by atoms with Crippen molar-refractivity contribution in [1.82, 2.24) is 0 Å². The fraction of sp³-hybridized carbons (Fsp3) is 0.176. The molecule has 0 bridgehead atoms. The summed E-state index contributed by atoms with van der Waals surface area (Å²) in [7, 11) is 1.30. The molecule has 5 heteroatoms. The van der Waals surface area contributed by atoms with Gasteiger partial charge in [-0.05, 0) is 23.3 Å². The summed E-state index contributed by atoms with van der Waals surface area (Å²) >= 11 is 0. The van der Waals surface area contributed by atoms with E-state index in [2.05, 4.69) is 9.84 Å². The number of hydrazone groups is 1. The second-order valence-corrected chi connectivity index (χ2v) is 4.66. The number of rotatable bonds is 6. The number of esters is 1. The molecule has 0 radical (unpaired) electrons. The monoisotopic (exact) mass is 298 g/mol. The maximum Gasteiger partial charge on any atom is 0.354 e. The summed E-state index contributed by atoms with van der Waals surface area (Å²) in [5.41, 5.74) is 2.19. The molecule has 0 saturated carbocycles. The number of hydrogen-bond donors (Lipinski definition) is 1. The second kappa shape index (κ2) is 7.83. The van der Waals surface area contributed by atoms with Crippen molar-refractivity contribution in [1.29, 1.82) is 0 Å². The quantitative estimate of drug-likeness (QED) is 0.384. The van der Waals surface area contributed by atoms with Crippen molar-refractivity contribution >= 4 is 11.7 Å². The summed E-state index contributed by atoms with van der Waals surface area (Å²) in [5, 5.41) is 3.46. The van der Waals surface area contributed by atoms with Gasteiger partial charge in [-0.15, -0.1) is 0 Å². The lowest BCUT2D eigenvalue weighted by atomic mass is 10.1. The smallest absolute Gasteiger partial charge is 0.354 e. The summed E-state index contributed by atoms with van der Waals surface area (Å²) in [6.07, 6.45) is 0.322. The third-order valence-electron chi connectivity index (χ3n) is 3.12. The van der Waals surface area contributed by atoms with Gasteiger partial charge in [-0.1, -0.05) is 42.5 Å². The minimum Gasteiger partial charge on any atom is -0.489 e. The first kappa shape index (κ1) is 15.6. The molecule has 0 atom stereocenters. The molecule has 22 heavy (non-hydrogen) atoms. The highest BCUT2D eigenvalue weighted by molar-refractivity contribution is 6.36. The number of benzene rings is 2. The van der Waals surface area contributed by atoms with Crippen molar-refractivity contribution in [2.75, 3.05) is 7.11 Å². The van der Waals surface area contributed by atoms with Crippen molar-refractivity contribution in [3.63, 3.8) is 0 Å². The molecule has 0 aromatic heterocycles. The van der Waals surface area contributed by atoms with Crippen molar-refractivity contribution in [2.24, 2.45) is 10.9 Å². The van der Waals surface area contributed by atoms with Crippen LogP contribution in [0.5, 0.6) is 5.75 Å². The molecular weight excluding hydrogens is 280 g/mol. The molecule has 0 unspecified atom stereocenters. The van der Waals surface area contributed by atoms with Crippen LogP contribution < -0.4 is 10.6 Å². The first-order valence-corrected chi connectivity index (χ1v) is 6.83. The van der Waals surface area contributed by atoms with Gasteiger partial charge in [0.15, 0.2) is 0 Å². The van der Waals surface area contributed by atoms with Gasteiger partial charge in [-0.25, -0.2) is 4.79 Å². The van der Waals surface area contributed by atoms with Gasteiger partial charge in [0.2, 0.25) is 0 Å². The SMILES string of the molecule is COC(=O)/C(Cc1ccc(OCc2ccccc2)cc1)=N/N. The van der Waals surface area contributed by atoms with Crippen LogP contribution in [0.3, 0.4) is 0 Å². The molecule has 0 saturated heterocycles. The number of nitrogens with zero attached hydrogens (tertiary/aromatic N) is 1. The van der Waals surface area contributed by atoms with Gasteiger partial charge in [0.1, 0.15) is 18.1 Å². The van der Waals surface area contributed by atoms with E-state index in [1.165, 1.54) is 7.11 Å². The van der Waals surface area contributed by atoms with E-state index in [4.69, 9.17) is 10.6 Å². The Kier molecular flexibility index (Phi) is 5.54. The molecule has 0 aliphatic carbocycles. The topological polar surface area (TPSA) is 73.9 Å². The van der Waals surface area contributed by atoms with E-state index in [-0.39, 0.29) is 5.71 Å². The normalized spacial score (nSPS) is 11.0. The van der Waals surface area contributed by atoms with E-state index in [0.29, 0.717) is 13.0 Å². The van der Waals surface area contributed by atoms with Gasteiger partial charge in [0.25, 0.3) is 0 Å². The van der Waals surface area contributed by atoms with E-state index in [1.807, 2.05) is 54.6 Å². The van der Waals surface area contributed by atoms with Crippen LogP contribution in [0.4, 0.5) is 0 Å².